The Morgan fingerprint density at radius 2 is 2.09 bits per heavy atom. The molecule has 0 spiro atoms. The van der Waals surface area contributed by atoms with Crippen molar-refractivity contribution >= 4 is 41.7 Å². The summed E-state index contributed by atoms with van der Waals surface area (Å²) < 4.78 is 2.08. The molecule has 2 N–H and O–H groups in total. The van der Waals surface area contributed by atoms with Gasteiger partial charge >= 0.3 is 0 Å². The molecule has 0 amide bonds. The zero-order valence-corrected chi connectivity index (χ0v) is 17.9. The Bertz CT molecular complexity index is 435. The predicted molar refractivity (Wildman–Crippen MR) is 111 cm³/mol. The number of nitrogens with one attached hydrogen (secondary N) is 2. The third kappa shape index (κ3) is 10.1. The Morgan fingerprint density at radius 3 is 2.74 bits per heavy atom. The van der Waals surface area contributed by atoms with Crippen molar-refractivity contribution in [1.29, 1.82) is 0 Å². The summed E-state index contributed by atoms with van der Waals surface area (Å²) in [7, 11) is 0. The zero-order valence-electron chi connectivity index (χ0n) is 14.7. The van der Waals surface area contributed by atoms with E-state index < -0.39 is 0 Å². The van der Waals surface area contributed by atoms with Gasteiger partial charge in [-0.1, -0.05) is 20.8 Å². The van der Waals surface area contributed by atoms with Crippen LogP contribution in [0, 0.1) is 5.92 Å². The highest BCUT2D eigenvalue weighted by Gasteiger charge is 2.03. The molecule has 0 aliphatic carbocycles. The van der Waals surface area contributed by atoms with Crippen LogP contribution in [0.5, 0.6) is 0 Å². The highest BCUT2D eigenvalue weighted by molar-refractivity contribution is 14.0. The molecule has 1 aromatic rings. The van der Waals surface area contributed by atoms with Crippen LogP contribution in [-0.2, 0) is 13.0 Å². The minimum Gasteiger partial charge on any atom is -0.356 e. The summed E-state index contributed by atoms with van der Waals surface area (Å²) >= 11 is 1.87. The van der Waals surface area contributed by atoms with Gasteiger partial charge in [0.05, 0.1) is 0 Å². The molecular weight excluding hydrogens is 423 g/mol. The Labute approximate surface area is 161 Å². The molecule has 0 saturated heterocycles. The molecule has 0 radical (unpaired) electrons. The molecule has 1 heterocycles. The number of hydrogen-bond acceptors (Lipinski definition) is 4. The summed E-state index contributed by atoms with van der Waals surface area (Å²) in [5.41, 5.74) is 0. The first-order valence-electron chi connectivity index (χ1n) is 8.05. The summed E-state index contributed by atoms with van der Waals surface area (Å²) in [5.74, 6) is 3.66. The number of nitrogens with zero attached hydrogens (tertiary/aromatic N) is 4. The fourth-order valence-electron chi connectivity index (χ4n) is 1.91. The second-order valence-electron chi connectivity index (χ2n) is 5.58. The lowest BCUT2D eigenvalue weighted by Gasteiger charge is -2.14. The largest absolute Gasteiger partial charge is 0.356 e. The molecule has 8 heteroatoms. The molecule has 0 aliphatic heterocycles. The van der Waals surface area contributed by atoms with Gasteiger partial charge in [0, 0.05) is 32.6 Å². The average Bonchev–Trinajstić information content (AvgIpc) is 2.95. The SMILES string of the molecule is CCc1nncn1CCNC(=NCC(C)C)NCCCSC.I. The van der Waals surface area contributed by atoms with Crippen molar-refractivity contribution in [1.82, 2.24) is 25.4 Å². The van der Waals surface area contributed by atoms with Crippen molar-refractivity contribution in [2.75, 3.05) is 31.6 Å². The van der Waals surface area contributed by atoms with Gasteiger partial charge in [0.1, 0.15) is 12.2 Å². The number of rotatable bonds is 10. The number of hydrogen-bond donors (Lipinski definition) is 2. The third-order valence-electron chi connectivity index (χ3n) is 3.09. The third-order valence-corrected chi connectivity index (χ3v) is 3.79. The predicted octanol–water partition coefficient (Wildman–Crippen LogP) is 2.40. The molecule has 23 heavy (non-hydrogen) atoms. The topological polar surface area (TPSA) is 67.1 Å². The maximum absolute atomic E-state index is 4.63. The number of aromatic nitrogens is 3. The van der Waals surface area contributed by atoms with Crippen LogP contribution >= 0.6 is 35.7 Å². The molecule has 0 aliphatic rings. The normalized spacial score (nSPS) is 11.4. The number of thioether (sulfide) groups is 1. The maximum atomic E-state index is 4.63. The summed E-state index contributed by atoms with van der Waals surface area (Å²) in [6, 6.07) is 0. The van der Waals surface area contributed by atoms with E-state index >= 15 is 0 Å². The Kier molecular flexibility index (Phi) is 13.6. The van der Waals surface area contributed by atoms with Crippen LogP contribution in [-0.4, -0.2) is 52.4 Å². The quantitative estimate of drug-likeness (QED) is 0.246. The summed E-state index contributed by atoms with van der Waals surface area (Å²) in [4.78, 5) is 4.63. The minimum atomic E-state index is 0. The smallest absolute Gasteiger partial charge is 0.191 e. The highest BCUT2D eigenvalue weighted by atomic mass is 127. The van der Waals surface area contributed by atoms with Crippen LogP contribution in [0.3, 0.4) is 0 Å². The van der Waals surface area contributed by atoms with E-state index in [-0.39, 0.29) is 24.0 Å². The van der Waals surface area contributed by atoms with E-state index in [9.17, 15) is 0 Å². The summed E-state index contributed by atoms with van der Waals surface area (Å²) in [6.07, 6.45) is 5.98. The fraction of sp³-hybridized carbons (Fsp3) is 0.800. The fourth-order valence-corrected chi connectivity index (χ4v) is 2.34. The van der Waals surface area contributed by atoms with Gasteiger partial charge in [0.2, 0.25) is 0 Å². The molecule has 0 aromatic carbocycles. The van der Waals surface area contributed by atoms with Crippen LogP contribution in [0.15, 0.2) is 11.3 Å². The molecular formula is C15H31IN6S. The Balaban J connectivity index is 0.00000484. The lowest BCUT2D eigenvalue weighted by molar-refractivity contribution is 0.622. The van der Waals surface area contributed by atoms with Crippen LogP contribution in [0.4, 0.5) is 0 Å². The van der Waals surface area contributed by atoms with Gasteiger partial charge in [-0.2, -0.15) is 11.8 Å². The van der Waals surface area contributed by atoms with Gasteiger partial charge in [-0.25, -0.2) is 0 Å². The van der Waals surface area contributed by atoms with Crippen molar-refractivity contribution < 1.29 is 0 Å². The maximum Gasteiger partial charge on any atom is 0.191 e. The summed E-state index contributed by atoms with van der Waals surface area (Å²) in [6.45, 7) is 9.92. The van der Waals surface area contributed by atoms with Crippen LogP contribution in [0.2, 0.25) is 0 Å². The molecule has 0 bridgehead atoms. The second kappa shape index (κ2) is 13.9. The molecule has 1 aromatic heterocycles. The molecule has 1 rings (SSSR count). The molecule has 0 unspecified atom stereocenters. The summed E-state index contributed by atoms with van der Waals surface area (Å²) in [5, 5.41) is 14.9. The molecule has 134 valence electrons. The van der Waals surface area contributed by atoms with E-state index in [0.717, 1.165) is 50.8 Å². The Hall–Kier alpha value is -0.510. The molecule has 0 fully saturated rings. The van der Waals surface area contributed by atoms with E-state index in [4.69, 9.17) is 0 Å². The van der Waals surface area contributed by atoms with Crippen molar-refractivity contribution in [2.45, 2.75) is 40.2 Å². The highest BCUT2D eigenvalue weighted by Crippen LogP contribution is 1.96. The van der Waals surface area contributed by atoms with Gasteiger partial charge < -0.3 is 15.2 Å². The Morgan fingerprint density at radius 1 is 1.35 bits per heavy atom. The molecule has 0 atom stereocenters. The monoisotopic (exact) mass is 454 g/mol. The van der Waals surface area contributed by atoms with Crippen molar-refractivity contribution in [3.8, 4) is 0 Å². The van der Waals surface area contributed by atoms with Crippen LogP contribution < -0.4 is 10.6 Å². The van der Waals surface area contributed by atoms with Gasteiger partial charge in [0.15, 0.2) is 5.96 Å². The van der Waals surface area contributed by atoms with Gasteiger partial charge in [-0.05, 0) is 24.3 Å². The lowest BCUT2D eigenvalue weighted by Crippen LogP contribution is -2.40. The minimum absolute atomic E-state index is 0. The first-order chi connectivity index (χ1) is 10.7. The van der Waals surface area contributed by atoms with E-state index in [1.165, 1.54) is 5.75 Å². The lowest BCUT2D eigenvalue weighted by atomic mass is 10.2. The number of aliphatic imine (C=N–C) groups is 1. The molecule has 0 saturated carbocycles. The van der Waals surface area contributed by atoms with Gasteiger partial charge in [-0.3, -0.25) is 4.99 Å². The zero-order chi connectivity index (χ0) is 16.2. The van der Waals surface area contributed by atoms with Crippen molar-refractivity contribution in [3.05, 3.63) is 12.2 Å². The number of halogens is 1. The first-order valence-corrected chi connectivity index (χ1v) is 9.44. The van der Waals surface area contributed by atoms with Crippen molar-refractivity contribution in [3.63, 3.8) is 0 Å². The van der Waals surface area contributed by atoms with Crippen LogP contribution in [0.25, 0.3) is 0 Å². The standard InChI is InChI=1S/C15H30N6S.HI/c1-5-14-20-19-12-21(14)9-8-17-15(18-11-13(2)3)16-7-6-10-22-4;/h12-13H,5-11H2,1-4H3,(H2,16,17,18);1H. The second-order valence-corrected chi connectivity index (χ2v) is 6.56. The van der Waals surface area contributed by atoms with E-state index in [2.05, 4.69) is 57.4 Å². The van der Waals surface area contributed by atoms with Gasteiger partial charge in [0.25, 0.3) is 0 Å². The number of guanidine groups is 1. The van der Waals surface area contributed by atoms with Crippen molar-refractivity contribution in [2.24, 2.45) is 10.9 Å². The van der Waals surface area contributed by atoms with Crippen LogP contribution in [0.1, 0.15) is 33.0 Å². The first kappa shape index (κ1) is 22.5. The van der Waals surface area contributed by atoms with E-state index in [1.807, 2.05) is 11.8 Å². The van der Waals surface area contributed by atoms with E-state index in [1.54, 1.807) is 6.33 Å². The number of aryl methyl sites for hydroxylation is 1. The molecule has 6 nitrogen and oxygen atoms in total. The van der Waals surface area contributed by atoms with E-state index in [0.29, 0.717) is 5.92 Å². The van der Waals surface area contributed by atoms with Gasteiger partial charge in [-0.15, -0.1) is 34.2 Å². The average molecular weight is 454 g/mol.